The van der Waals surface area contributed by atoms with Gasteiger partial charge >= 0.3 is 0 Å². The summed E-state index contributed by atoms with van der Waals surface area (Å²) in [6.45, 7) is 0. The summed E-state index contributed by atoms with van der Waals surface area (Å²) < 4.78 is 6.47. The molecule has 2 aromatic heterocycles. The second-order valence-electron chi connectivity index (χ2n) is 5.36. The predicted octanol–water partition coefficient (Wildman–Crippen LogP) is 4.90. The molecule has 122 valence electrons. The van der Waals surface area contributed by atoms with E-state index in [9.17, 15) is 4.79 Å². The molecule has 5 nitrogen and oxygen atoms in total. The Balaban J connectivity index is 1.63. The Labute approximate surface area is 151 Å². The van der Waals surface area contributed by atoms with Crippen LogP contribution >= 0.6 is 15.9 Å². The van der Waals surface area contributed by atoms with E-state index in [-0.39, 0.29) is 5.91 Å². The number of nitrogens with one attached hydrogen (secondary N) is 1. The minimum atomic E-state index is -0.191. The number of pyridine rings is 1. The fourth-order valence-electron chi connectivity index (χ4n) is 2.47. The first-order chi connectivity index (χ1) is 12.2. The maximum Gasteiger partial charge on any atom is 0.256 e. The molecular formula is C19H12BrN3O2. The molecule has 0 aliphatic carbocycles. The van der Waals surface area contributed by atoms with Gasteiger partial charge < -0.3 is 9.73 Å². The lowest BCUT2D eigenvalue weighted by Crippen LogP contribution is -2.12. The summed E-state index contributed by atoms with van der Waals surface area (Å²) in [5, 5.41) is 2.89. The van der Waals surface area contributed by atoms with E-state index < -0.39 is 0 Å². The summed E-state index contributed by atoms with van der Waals surface area (Å²) in [6.07, 6.45) is 1.67. The highest BCUT2D eigenvalue weighted by Gasteiger charge is 2.12. The van der Waals surface area contributed by atoms with Crippen molar-refractivity contribution in [3.63, 3.8) is 0 Å². The third-order valence-electron chi connectivity index (χ3n) is 3.65. The number of carbonyl (C=O) groups excluding carboxylic acids is 1. The SMILES string of the molecule is O=C(Nc1cccc(-c2nc3ncccc3o2)c1)c1ccccc1Br. The maximum atomic E-state index is 12.4. The predicted molar refractivity (Wildman–Crippen MR) is 99.3 cm³/mol. The number of rotatable bonds is 3. The number of carbonyl (C=O) groups is 1. The molecule has 0 saturated carbocycles. The van der Waals surface area contributed by atoms with E-state index in [2.05, 4.69) is 31.2 Å². The Morgan fingerprint density at radius 2 is 1.92 bits per heavy atom. The van der Waals surface area contributed by atoms with Crippen molar-refractivity contribution in [3.8, 4) is 11.5 Å². The maximum absolute atomic E-state index is 12.4. The van der Waals surface area contributed by atoms with Gasteiger partial charge in [-0.1, -0.05) is 18.2 Å². The summed E-state index contributed by atoms with van der Waals surface area (Å²) in [6, 6.07) is 18.2. The second-order valence-corrected chi connectivity index (χ2v) is 6.21. The van der Waals surface area contributed by atoms with E-state index in [4.69, 9.17) is 4.42 Å². The Kier molecular flexibility index (Phi) is 4.03. The summed E-state index contributed by atoms with van der Waals surface area (Å²) in [7, 11) is 0. The highest BCUT2D eigenvalue weighted by atomic mass is 79.9. The Bertz CT molecular complexity index is 1040. The van der Waals surface area contributed by atoms with Crippen molar-refractivity contribution in [2.75, 3.05) is 5.32 Å². The van der Waals surface area contributed by atoms with Crippen molar-refractivity contribution in [2.24, 2.45) is 0 Å². The van der Waals surface area contributed by atoms with Crippen molar-refractivity contribution >= 4 is 38.8 Å². The number of hydrogen-bond donors (Lipinski definition) is 1. The molecule has 25 heavy (non-hydrogen) atoms. The number of halogens is 1. The molecule has 0 aliphatic rings. The monoisotopic (exact) mass is 393 g/mol. The molecule has 0 saturated heterocycles. The van der Waals surface area contributed by atoms with E-state index in [0.29, 0.717) is 28.4 Å². The molecule has 0 aliphatic heterocycles. The van der Waals surface area contributed by atoms with Crippen LogP contribution in [-0.2, 0) is 0 Å². The first-order valence-electron chi connectivity index (χ1n) is 7.58. The van der Waals surface area contributed by atoms with Gasteiger partial charge in [-0.2, -0.15) is 4.98 Å². The van der Waals surface area contributed by atoms with Crippen LogP contribution in [0.15, 0.2) is 75.8 Å². The van der Waals surface area contributed by atoms with Crippen LogP contribution in [0, 0.1) is 0 Å². The van der Waals surface area contributed by atoms with Gasteiger partial charge in [-0.15, -0.1) is 0 Å². The molecule has 0 bridgehead atoms. The molecule has 4 aromatic rings. The van der Waals surface area contributed by atoms with Crippen LogP contribution in [0.3, 0.4) is 0 Å². The fraction of sp³-hybridized carbons (Fsp3) is 0. The number of anilines is 1. The van der Waals surface area contributed by atoms with E-state index in [0.717, 1.165) is 10.0 Å². The zero-order chi connectivity index (χ0) is 17.2. The standard InChI is InChI=1S/C19H12BrN3O2/c20-15-8-2-1-7-14(15)18(24)22-13-6-3-5-12(11-13)19-23-17-16(25-19)9-4-10-21-17/h1-11H,(H,22,24). The van der Waals surface area contributed by atoms with Gasteiger partial charge in [0.2, 0.25) is 5.89 Å². The first-order valence-corrected chi connectivity index (χ1v) is 8.38. The molecular weight excluding hydrogens is 382 g/mol. The lowest BCUT2D eigenvalue weighted by Gasteiger charge is -2.07. The molecule has 4 rings (SSSR count). The number of amides is 1. The van der Waals surface area contributed by atoms with Crippen LogP contribution in [0.4, 0.5) is 5.69 Å². The van der Waals surface area contributed by atoms with Crippen LogP contribution in [0.5, 0.6) is 0 Å². The van der Waals surface area contributed by atoms with E-state index >= 15 is 0 Å². The second kappa shape index (κ2) is 6.49. The molecule has 2 heterocycles. The summed E-state index contributed by atoms with van der Waals surface area (Å²) in [5.74, 6) is 0.273. The quantitative estimate of drug-likeness (QED) is 0.537. The van der Waals surface area contributed by atoms with E-state index in [1.165, 1.54) is 0 Å². The first kappa shape index (κ1) is 15.5. The van der Waals surface area contributed by atoms with Gasteiger partial charge in [-0.25, -0.2) is 4.98 Å². The molecule has 0 spiro atoms. The molecule has 1 amide bonds. The molecule has 6 heteroatoms. The van der Waals surface area contributed by atoms with Crippen LogP contribution < -0.4 is 5.32 Å². The van der Waals surface area contributed by atoms with Gasteiger partial charge in [-0.3, -0.25) is 4.79 Å². The molecule has 2 aromatic carbocycles. The Morgan fingerprint density at radius 3 is 2.76 bits per heavy atom. The molecule has 0 atom stereocenters. The third kappa shape index (κ3) is 3.16. The molecule has 0 fully saturated rings. The third-order valence-corrected chi connectivity index (χ3v) is 4.34. The Hall–Kier alpha value is -2.99. The van der Waals surface area contributed by atoms with Gasteiger partial charge in [0.1, 0.15) is 0 Å². The number of nitrogens with zero attached hydrogens (tertiary/aromatic N) is 2. The largest absolute Gasteiger partial charge is 0.434 e. The van der Waals surface area contributed by atoms with Gasteiger partial charge in [0.15, 0.2) is 11.2 Å². The fourth-order valence-corrected chi connectivity index (χ4v) is 2.93. The van der Waals surface area contributed by atoms with E-state index in [1.54, 1.807) is 18.3 Å². The minimum absolute atomic E-state index is 0.191. The molecule has 1 N–H and O–H groups in total. The smallest absolute Gasteiger partial charge is 0.256 e. The van der Waals surface area contributed by atoms with Crippen molar-refractivity contribution in [1.29, 1.82) is 0 Å². The summed E-state index contributed by atoms with van der Waals surface area (Å²) in [5.41, 5.74) is 3.18. The zero-order valence-corrected chi connectivity index (χ0v) is 14.5. The Morgan fingerprint density at radius 1 is 1.04 bits per heavy atom. The minimum Gasteiger partial charge on any atom is -0.434 e. The number of fused-ring (bicyclic) bond motifs is 1. The average molecular weight is 394 g/mol. The molecule has 0 radical (unpaired) electrons. The topological polar surface area (TPSA) is 68.0 Å². The lowest BCUT2D eigenvalue weighted by atomic mass is 10.1. The summed E-state index contributed by atoms with van der Waals surface area (Å²) in [4.78, 5) is 21.0. The normalized spacial score (nSPS) is 10.8. The highest BCUT2D eigenvalue weighted by molar-refractivity contribution is 9.10. The number of benzene rings is 2. The van der Waals surface area contributed by atoms with Gasteiger partial charge in [0, 0.05) is 21.9 Å². The van der Waals surface area contributed by atoms with Crippen LogP contribution in [0.1, 0.15) is 10.4 Å². The van der Waals surface area contributed by atoms with Crippen molar-refractivity contribution < 1.29 is 9.21 Å². The van der Waals surface area contributed by atoms with Gasteiger partial charge in [-0.05, 0) is 58.4 Å². The van der Waals surface area contributed by atoms with Crippen LogP contribution in [0.25, 0.3) is 22.7 Å². The average Bonchev–Trinajstić information content (AvgIpc) is 3.06. The van der Waals surface area contributed by atoms with Gasteiger partial charge in [0.25, 0.3) is 5.91 Å². The van der Waals surface area contributed by atoms with Crippen LogP contribution in [0.2, 0.25) is 0 Å². The van der Waals surface area contributed by atoms with Gasteiger partial charge in [0.05, 0.1) is 5.56 Å². The summed E-state index contributed by atoms with van der Waals surface area (Å²) >= 11 is 3.39. The van der Waals surface area contributed by atoms with E-state index in [1.807, 2.05) is 48.5 Å². The van der Waals surface area contributed by atoms with Crippen molar-refractivity contribution in [1.82, 2.24) is 9.97 Å². The van der Waals surface area contributed by atoms with Crippen molar-refractivity contribution in [2.45, 2.75) is 0 Å². The number of hydrogen-bond acceptors (Lipinski definition) is 4. The highest BCUT2D eigenvalue weighted by Crippen LogP contribution is 2.26. The van der Waals surface area contributed by atoms with Crippen LogP contribution in [-0.4, -0.2) is 15.9 Å². The number of aromatic nitrogens is 2. The lowest BCUT2D eigenvalue weighted by molar-refractivity contribution is 0.102. The number of oxazole rings is 1. The molecule has 0 unspecified atom stereocenters. The van der Waals surface area contributed by atoms with Crippen molar-refractivity contribution in [3.05, 3.63) is 76.9 Å². The zero-order valence-electron chi connectivity index (χ0n) is 12.9.